The Morgan fingerprint density at radius 3 is 2.58 bits per heavy atom. The molecule has 1 aliphatic heterocycles. The second kappa shape index (κ2) is 9.39. The molecule has 0 spiro atoms. The highest BCUT2D eigenvalue weighted by molar-refractivity contribution is 6.03. The minimum absolute atomic E-state index is 0.138. The molecule has 1 amide bonds. The van der Waals surface area contributed by atoms with E-state index in [9.17, 15) is 9.59 Å². The molecule has 1 fully saturated rings. The van der Waals surface area contributed by atoms with E-state index >= 15 is 0 Å². The average Bonchev–Trinajstić information content (AvgIpc) is 2.79. The molecule has 162 valence electrons. The summed E-state index contributed by atoms with van der Waals surface area (Å²) in [5.74, 6) is 0.0787. The van der Waals surface area contributed by atoms with E-state index in [2.05, 4.69) is 31.2 Å². The lowest BCUT2D eigenvalue weighted by Crippen LogP contribution is -2.46. The summed E-state index contributed by atoms with van der Waals surface area (Å²) < 4.78 is 0. The molecule has 1 N–H and O–H groups in total. The molecule has 2 aliphatic rings. The number of hydrogen-bond acceptors (Lipinski definition) is 6. The van der Waals surface area contributed by atoms with Crippen LogP contribution in [0.3, 0.4) is 0 Å². The summed E-state index contributed by atoms with van der Waals surface area (Å²) in [5.41, 5.74) is 5.49. The monoisotopic (exact) mass is 419 g/mol. The Morgan fingerprint density at radius 2 is 1.90 bits per heavy atom. The van der Waals surface area contributed by atoms with Gasteiger partial charge in [-0.05, 0) is 48.3 Å². The first-order valence-electron chi connectivity index (χ1n) is 11.0. The highest BCUT2D eigenvalue weighted by Crippen LogP contribution is 2.23. The average molecular weight is 420 g/mol. The predicted octanol–water partition coefficient (Wildman–Crippen LogP) is 2.47. The number of ketones is 1. The zero-order chi connectivity index (χ0) is 21.8. The molecule has 1 aliphatic carbocycles. The maximum atomic E-state index is 12.2. The fraction of sp³-hybridized carbons (Fsp3) is 0.417. The van der Waals surface area contributed by atoms with E-state index < -0.39 is 0 Å². The number of hydrogen-bond donors (Lipinski definition) is 1. The van der Waals surface area contributed by atoms with Crippen molar-refractivity contribution < 1.29 is 9.59 Å². The van der Waals surface area contributed by atoms with Gasteiger partial charge in [0.25, 0.3) is 5.91 Å². The first kappa shape index (κ1) is 21.2. The number of nitrogens with one attached hydrogen (secondary N) is 1. The largest absolute Gasteiger partial charge is 0.368 e. The third-order valence-corrected chi connectivity index (χ3v) is 5.92. The van der Waals surface area contributed by atoms with Crippen LogP contribution in [-0.2, 0) is 17.8 Å². The lowest BCUT2D eigenvalue weighted by atomic mass is 9.92. The Kier molecular flexibility index (Phi) is 6.42. The summed E-state index contributed by atoms with van der Waals surface area (Å²) in [5, 5.41) is 2.77. The summed E-state index contributed by atoms with van der Waals surface area (Å²) in [7, 11) is 0. The van der Waals surface area contributed by atoms with Crippen molar-refractivity contribution in [3.8, 4) is 0 Å². The number of Topliss-reactive ketones (excluding diaryl/α,β-unsaturated/α-hetero) is 1. The number of allylic oxidation sites excluding steroid dienone is 1. The topological polar surface area (TPSA) is 78.4 Å². The number of rotatable bonds is 6. The van der Waals surface area contributed by atoms with Gasteiger partial charge < -0.3 is 10.2 Å². The quantitative estimate of drug-likeness (QED) is 0.775. The Balaban J connectivity index is 1.34. The van der Waals surface area contributed by atoms with Gasteiger partial charge in [0.2, 0.25) is 0 Å². The van der Waals surface area contributed by atoms with Gasteiger partial charge in [-0.15, -0.1) is 0 Å². The van der Waals surface area contributed by atoms with E-state index in [0.717, 1.165) is 67.2 Å². The molecular weight excluding hydrogens is 390 g/mol. The van der Waals surface area contributed by atoms with Crippen molar-refractivity contribution in [2.24, 2.45) is 0 Å². The van der Waals surface area contributed by atoms with E-state index in [4.69, 9.17) is 0 Å². The zero-order valence-electron chi connectivity index (χ0n) is 18.2. The van der Waals surface area contributed by atoms with Crippen LogP contribution < -0.4 is 10.2 Å². The number of piperazine rings is 1. The molecule has 4 rings (SSSR count). The first-order chi connectivity index (χ1) is 15.1. The van der Waals surface area contributed by atoms with Crippen molar-refractivity contribution in [3.63, 3.8) is 0 Å². The molecular formula is C24H29N5O2. The summed E-state index contributed by atoms with van der Waals surface area (Å²) in [4.78, 5) is 37.7. The van der Waals surface area contributed by atoms with Crippen molar-refractivity contribution in [3.05, 3.63) is 58.7 Å². The zero-order valence-corrected chi connectivity index (χ0v) is 18.2. The van der Waals surface area contributed by atoms with Crippen LogP contribution in [0.4, 0.5) is 5.69 Å². The summed E-state index contributed by atoms with van der Waals surface area (Å²) in [6.45, 7) is 9.02. The van der Waals surface area contributed by atoms with Gasteiger partial charge in [-0.3, -0.25) is 19.5 Å². The lowest BCUT2D eigenvalue weighted by Gasteiger charge is -2.36. The van der Waals surface area contributed by atoms with Crippen LogP contribution in [-0.4, -0.2) is 59.3 Å². The highest BCUT2D eigenvalue weighted by atomic mass is 16.1. The maximum absolute atomic E-state index is 12.2. The second-order valence-corrected chi connectivity index (χ2v) is 8.04. The molecule has 0 saturated carbocycles. The number of carbonyl (C=O) groups excluding carboxylic acids is 2. The number of carbonyl (C=O) groups is 2. The van der Waals surface area contributed by atoms with Gasteiger partial charge in [0.05, 0.1) is 17.6 Å². The van der Waals surface area contributed by atoms with Crippen LogP contribution in [0.5, 0.6) is 0 Å². The number of amides is 1. The van der Waals surface area contributed by atoms with Crippen molar-refractivity contribution in [2.75, 3.05) is 37.6 Å². The van der Waals surface area contributed by atoms with Crippen LogP contribution in [0.25, 0.3) is 6.08 Å². The molecule has 3 heterocycles. The fourth-order valence-electron chi connectivity index (χ4n) is 4.14. The molecule has 1 saturated heterocycles. The summed E-state index contributed by atoms with van der Waals surface area (Å²) in [6, 6.07) is 5.89. The third kappa shape index (κ3) is 4.82. The van der Waals surface area contributed by atoms with E-state index in [-0.39, 0.29) is 11.7 Å². The van der Waals surface area contributed by atoms with Gasteiger partial charge in [0, 0.05) is 51.9 Å². The minimum Gasteiger partial charge on any atom is -0.368 e. The van der Waals surface area contributed by atoms with Gasteiger partial charge >= 0.3 is 0 Å². The Bertz CT molecular complexity index is 992. The highest BCUT2D eigenvalue weighted by Gasteiger charge is 2.21. The van der Waals surface area contributed by atoms with Crippen molar-refractivity contribution in [1.29, 1.82) is 0 Å². The fourth-order valence-corrected chi connectivity index (χ4v) is 4.14. The molecule has 7 nitrogen and oxygen atoms in total. The molecule has 0 bridgehead atoms. The van der Waals surface area contributed by atoms with Crippen LogP contribution in [0, 0.1) is 0 Å². The van der Waals surface area contributed by atoms with E-state index in [0.29, 0.717) is 18.7 Å². The Labute approximate surface area is 183 Å². The molecule has 31 heavy (non-hydrogen) atoms. The number of nitrogens with zero attached hydrogens (tertiary/aromatic N) is 4. The molecule has 0 atom stereocenters. The summed E-state index contributed by atoms with van der Waals surface area (Å²) in [6.07, 6.45) is 6.88. The Morgan fingerprint density at radius 1 is 1.10 bits per heavy atom. The normalized spacial score (nSPS) is 16.6. The predicted molar refractivity (Wildman–Crippen MR) is 121 cm³/mol. The maximum Gasteiger partial charge on any atom is 0.269 e. The van der Waals surface area contributed by atoms with Crippen LogP contribution >= 0.6 is 0 Å². The SMILES string of the molecule is CCNC(=O)c1ccc(N2CCN(Cc3cnc4c(c3)CC(=O)C(CC)=C4)CC2)cn1. The van der Waals surface area contributed by atoms with Crippen molar-refractivity contribution in [2.45, 2.75) is 33.2 Å². The van der Waals surface area contributed by atoms with Crippen molar-refractivity contribution in [1.82, 2.24) is 20.2 Å². The molecule has 2 aromatic rings. The first-order valence-corrected chi connectivity index (χ1v) is 11.0. The second-order valence-electron chi connectivity index (χ2n) is 8.04. The summed E-state index contributed by atoms with van der Waals surface area (Å²) >= 11 is 0. The minimum atomic E-state index is -0.138. The molecule has 0 radical (unpaired) electrons. The lowest BCUT2D eigenvalue weighted by molar-refractivity contribution is -0.115. The van der Waals surface area contributed by atoms with Crippen LogP contribution in [0.2, 0.25) is 0 Å². The van der Waals surface area contributed by atoms with Gasteiger partial charge in [0.15, 0.2) is 5.78 Å². The molecule has 0 aromatic carbocycles. The number of anilines is 1. The van der Waals surface area contributed by atoms with Gasteiger partial charge in [0.1, 0.15) is 5.69 Å². The van der Waals surface area contributed by atoms with Gasteiger partial charge in [-0.25, -0.2) is 4.98 Å². The number of pyridine rings is 2. The van der Waals surface area contributed by atoms with Crippen LogP contribution in [0.1, 0.15) is 47.6 Å². The van der Waals surface area contributed by atoms with E-state index in [1.807, 2.05) is 32.2 Å². The molecule has 2 aromatic heterocycles. The van der Waals surface area contributed by atoms with E-state index in [1.54, 1.807) is 12.3 Å². The van der Waals surface area contributed by atoms with Gasteiger partial charge in [-0.1, -0.05) is 13.0 Å². The third-order valence-electron chi connectivity index (χ3n) is 5.92. The van der Waals surface area contributed by atoms with Crippen LogP contribution in [0.15, 0.2) is 36.2 Å². The number of aromatic nitrogens is 2. The number of fused-ring (bicyclic) bond motifs is 1. The Hall–Kier alpha value is -3.06. The molecule has 0 unspecified atom stereocenters. The van der Waals surface area contributed by atoms with E-state index in [1.165, 1.54) is 0 Å². The van der Waals surface area contributed by atoms with Gasteiger partial charge in [-0.2, -0.15) is 0 Å². The smallest absolute Gasteiger partial charge is 0.269 e. The van der Waals surface area contributed by atoms with Crippen molar-refractivity contribution >= 4 is 23.5 Å². The molecule has 7 heteroatoms. The standard InChI is InChI=1S/C24H29N5O2/c1-3-18-12-22-19(13-23(18)30)11-17(14-26-22)16-28-7-9-29(10-8-28)20-5-6-21(27-15-20)24(31)25-4-2/h5-6,11-12,14-15H,3-4,7-10,13,16H2,1-2H3,(H,25,31).